The number of hydrogen-bond donors (Lipinski definition) is 10. The van der Waals surface area contributed by atoms with Gasteiger partial charge in [-0.25, -0.2) is 0 Å². The normalized spacial score (nSPS) is 33.0. The van der Waals surface area contributed by atoms with Gasteiger partial charge in [0.15, 0.2) is 23.5 Å². The van der Waals surface area contributed by atoms with Gasteiger partial charge in [0.25, 0.3) is 0 Å². The molecule has 0 spiro atoms. The third-order valence-corrected chi connectivity index (χ3v) is 7.29. The first-order valence-corrected chi connectivity index (χ1v) is 13.0. The van der Waals surface area contributed by atoms with Gasteiger partial charge in [-0.2, -0.15) is 0 Å². The van der Waals surface area contributed by atoms with E-state index in [1.807, 2.05) is 0 Å². The smallest absolute Gasteiger partial charge is 0.239 e. The van der Waals surface area contributed by atoms with Crippen LogP contribution in [0.5, 0.6) is 28.7 Å². The first-order valence-electron chi connectivity index (χ1n) is 13.0. The molecule has 3 aromatic rings. The molecule has 2 aliphatic rings. The molecule has 43 heavy (non-hydrogen) atoms. The van der Waals surface area contributed by atoms with Crippen molar-refractivity contribution in [1.82, 2.24) is 0 Å². The van der Waals surface area contributed by atoms with Crippen LogP contribution in [0.15, 0.2) is 39.5 Å². The molecule has 2 aromatic carbocycles. The topological polar surface area (TPSA) is 269 Å². The molecular weight excluding hydrogens is 580 g/mol. The monoisotopic (exact) mass is 610 g/mol. The zero-order valence-electron chi connectivity index (χ0n) is 22.3. The van der Waals surface area contributed by atoms with Crippen molar-refractivity contribution >= 4 is 11.0 Å². The van der Waals surface area contributed by atoms with Gasteiger partial charge in [0.05, 0.1) is 12.7 Å². The Kier molecular flexibility index (Phi) is 8.41. The highest BCUT2D eigenvalue weighted by Crippen LogP contribution is 2.39. The highest BCUT2D eigenvalue weighted by Gasteiger charge is 2.47. The quantitative estimate of drug-likeness (QED) is 0.140. The standard InChI is InChI=1S/C27H30O16/c1-8-17(32)20(35)22(37)26(40-8)39-7-15-18(33)21(36)23(38)27(42-15)43-25-19(34)16-13(31)5-10(28)6-14(16)41-24(25)9-2-3-11(29)12(30)4-9/h2-6,8,15,17-18,20-23,26-33,35-38H,7H2,1H3/t8-,15-,17-,18+,20+,21+,22-,23-,26+,27-/m0/s1. The van der Waals surface area contributed by atoms with E-state index < -0.39 is 113 Å². The molecule has 2 aliphatic heterocycles. The Morgan fingerprint density at radius 3 is 2.12 bits per heavy atom. The molecule has 0 aliphatic carbocycles. The number of aliphatic hydroxyl groups excluding tert-OH is 6. The summed E-state index contributed by atoms with van der Waals surface area (Å²) in [6.07, 6.45) is -16.2. The Labute approximate surface area is 241 Å². The number of aliphatic hydroxyl groups is 6. The highest BCUT2D eigenvalue weighted by molar-refractivity contribution is 5.88. The minimum Gasteiger partial charge on any atom is -0.508 e. The fourth-order valence-electron chi connectivity index (χ4n) is 4.84. The van der Waals surface area contributed by atoms with Gasteiger partial charge in [-0.05, 0) is 25.1 Å². The van der Waals surface area contributed by atoms with Crippen molar-refractivity contribution in [2.75, 3.05) is 6.61 Å². The molecule has 2 saturated heterocycles. The minimum absolute atomic E-state index is 0.0313. The summed E-state index contributed by atoms with van der Waals surface area (Å²) in [7, 11) is 0. The predicted molar refractivity (Wildman–Crippen MR) is 140 cm³/mol. The molecule has 3 heterocycles. The van der Waals surface area contributed by atoms with Crippen molar-refractivity contribution in [2.24, 2.45) is 0 Å². The second-order valence-corrected chi connectivity index (χ2v) is 10.3. The predicted octanol–water partition coefficient (Wildman–Crippen LogP) is -1.69. The molecule has 1 aromatic heterocycles. The van der Waals surface area contributed by atoms with Crippen LogP contribution >= 0.6 is 0 Å². The first-order chi connectivity index (χ1) is 20.3. The van der Waals surface area contributed by atoms with Gasteiger partial charge >= 0.3 is 0 Å². The van der Waals surface area contributed by atoms with Gasteiger partial charge in [0.2, 0.25) is 17.5 Å². The third kappa shape index (κ3) is 5.67. The summed E-state index contributed by atoms with van der Waals surface area (Å²) in [4.78, 5) is 13.6. The second-order valence-electron chi connectivity index (χ2n) is 10.3. The summed E-state index contributed by atoms with van der Waals surface area (Å²) < 4.78 is 27.8. The molecular formula is C27H30O16. The van der Waals surface area contributed by atoms with Crippen LogP contribution in [-0.2, 0) is 14.2 Å². The van der Waals surface area contributed by atoms with Gasteiger partial charge in [-0.1, -0.05) is 0 Å². The van der Waals surface area contributed by atoms with E-state index in [-0.39, 0.29) is 11.1 Å². The van der Waals surface area contributed by atoms with Gasteiger partial charge < -0.3 is 74.4 Å². The van der Waals surface area contributed by atoms with Crippen molar-refractivity contribution in [1.29, 1.82) is 0 Å². The Morgan fingerprint density at radius 2 is 1.42 bits per heavy atom. The van der Waals surface area contributed by atoms with Gasteiger partial charge in [-0.15, -0.1) is 0 Å². The number of hydrogen-bond acceptors (Lipinski definition) is 16. The number of phenolic OH excluding ortho intramolecular Hbond substituents is 4. The van der Waals surface area contributed by atoms with Crippen LogP contribution < -0.4 is 10.2 Å². The molecule has 16 heteroatoms. The Hall–Kier alpha value is -3.71. The maximum absolute atomic E-state index is 13.6. The average Bonchev–Trinajstić information content (AvgIpc) is 2.96. The molecule has 2 fully saturated rings. The average molecular weight is 611 g/mol. The lowest BCUT2D eigenvalue weighted by atomic mass is 9.98. The van der Waals surface area contributed by atoms with Crippen LogP contribution in [0.2, 0.25) is 0 Å². The van der Waals surface area contributed by atoms with Gasteiger partial charge in [-0.3, -0.25) is 4.79 Å². The summed E-state index contributed by atoms with van der Waals surface area (Å²) in [6, 6.07) is 5.24. The Bertz CT molecular complexity index is 1540. The van der Waals surface area contributed by atoms with Crippen LogP contribution in [0.4, 0.5) is 0 Å². The lowest BCUT2D eigenvalue weighted by Gasteiger charge is -2.42. The van der Waals surface area contributed by atoms with Crippen molar-refractivity contribution in [2.45, 2.75) is 68.3 Å². The van der Waals surface area contributed by atoms with Crippen LogP contribution in [0, 0.1) is 0 Å². The second kappa shape index (κ2) is 11.8. The Morgan fingerprint density at radius 1 is 0.744 bits per heavy atom. The van der Waals surface area contributed by atoms with E-state index in [4.69, 9.17) is 23.4 Å². The molecule has 10 N–H and O–H groups in total. The number of phenols is 4. The minimum atomic E-state index is -1.97. The van der Waals surface area contributed by atoms with Gasteiger partial charge in [0, 0.05) is 17.7 Å². The first kappa shape index (κ1) is 30.7. The lowest BCUT2D eigenvalue weighted by Crippen LogP contribution is -2.61. The number of fused-ring (bicyclic) bond motifs is 1. The third-order valence-electron chi connectivity index (χ3n) is 7.29. The summed E-state index contributed by atoms with van der Waals surface area (Å²) in [5, 5.41) is 101. The molecule has 0 saturated carbocycles. The fraction of sp³-hybridized carbons (Fsp3) is 0.444. The summed E-state index contributed by atoms with van der Waals surface area (Å²) in [5.41, 5.74) is -1.35. The summed E-state index contributed by atoms with van der Waals surface area (Å²) in [6.45, 7) is 0.818. The molecule has 0 radical (unpaired) electrons. The molecule has 234 valence electrons. The van der Waals surface area contributed by atoms with E-state index in [0.717, 1.165) is 24.3 Å². The molecule has 0 bridgehead atoms. The van der Waals surface area contributed by atoms with E-state index in [2.05, 4.69) is 0 Å². The molecule has 10 atom stereocenters. The van der Waals surface area contributed by atoms with Crippen LogP contribution in [0.1, 0.15) is 6.92 Å². The highest BCUT2D eigenvalue weighted by atomic mass is 16.7. The SMILES string of the molecule is C[C@@H]1O[C@@H](OC[C@@H]2O[C@@H](Oc3c(-c4ccc(O)c(O)c4)oc4cc(O)cc(O)c4c3=O)[C@@H](O)[C@H](O)[C@@H]2O)[C@@H](O)[C@H](O)[C@H]1O. The van der Waals surface area contributed by atoms with E-state index in [1.54, 1.807) is 0 Å². The van der Waals surface area contributed by atoms with E-state index in [1.165, 1.54) is 13.0 Å². The number of ether oxygens (including phenoxy) is 4. The lowest BCUT2D eigenvalue weighted by molar-refractivity contribution is -0.318. The van der Waals surface area contributed by atoms with Crippen LogP contribution in [0.3, 0.4) is 0 Å². The van der Waals surface area contributed by atoms with Crippen LogP contribution in [0.25, 0.3) is 22.3 Å². The molecule has 0 unspecified atom stereocenters. The molecule has 16 nitrogen and oxygen atoms in total. The maximum Gasteiger partial charge on any atom is 0.239 e. The van der Waals surface area contributed by atoms with Crippen molar-refractivity contribution in [3.8, 4) is 40.1 Å². The van der Waals surface area contributed by atoms with Crippen molar-refractivity contribution in [3.05, 3.63) is 40.6 Å². The molecule has 5 rings (SSSR count). The van der Waals surface area contributed by atoms with E-state index in [0.29, 0.717) is 0 Å². The maximum atomic E-state index is 13.6. The summed E-state index contributed by atoms with van der Waals surface area (Å²) >= 11 is 0. The zero-order chi connectivity index (χ0) is 31.3. The van der Waals surface area contributed by atoms with E-state index >= 15 is 0 Å². The number of rotatable bonds is 6. The van der Waals surface area contributed by atoms with E-state index in [9.17, 15) is 55.9 Å². The Balaban J connectivity index is 1.48. The van der Waals surface area contributed by atoms with Gasteiger partial charge in [0.1, 0.15) is 65.2 Å². The fourth-order valence-corrected chi connectivity index (χ4v) is 4.84. The summed E-state index contributed by atoms with van der Waals surface area (Å²) in [5.74, 6) is -3.33. The zero-order valence-corrected chi connectivity index (χ0v) is 22.3. The number of aromatic hydroxyl groups is 4. The molecule has 0 amide bonds. The van der Waals surface area contributed by atoms with Crippen LogP contribution in [-0.4, -0.2) is 119 Å². The largest absolute Gasteiger partial charge is 0.508 e. The van der Waals surface area contributed by atoms with Crippen molar-refractivity contribution < 1.29 is 74.4 Å². The number of benzene rings is 2. The van der Waals surface area contributed by atoms with Crippen molar-refractivity contribution in [3.63, 3.8) is 0 Å².